The second-order valence-corrected chi connectivity index (χ2v) is 7.74. The lowest BCUT2D eigenvalue weighted by atomic mass is 10.0. The van der Waals surface area contributed by atoms with Crippen LogP contribution < -0.4 is 5.32 Å². The van der Waals surface area contributed by atoms with Crippen LogP contribution in [-0.4, -0.2) is 36.4 Å². The Morgan fingerprint density at radius 1 is 1.07 bits per heavy atom. The maximum absolute atomic E-state index is 4.78. The first-order valence-electron chi connectivity index (χ1n) is 9.62. The number of rotatable bonds is 6. The van der Waals surface area contributed by atoms with Crippen molar-refractivity contribution in [2.24, 2.45) is 5.92 Å². The summed E-state index contributed by atoms with van der Waals surface area (Å²) in [5.41, 5.74) is 4.88. The van der Waals surface area contributed by atoms with Crippen molar-refractivity contribution in [3.8, 4) is 22.5 Å². The SMILES string of the molecule is CC(C)Cc1nc(-c2cnc3c(-c4cn[nH]c4)cccc3c2NC(C)C)n[nH]1. The van der Waals surface area contributed by atoms with E-state index < -0.39 is 0 Å². The number of nitrogens with zero attached hydrogens (tertiary/aromatic N) is 4. The monoisotopic (exact) mass is 375 g/mol. The summed E-state index contributed by atoms with van der Waals surface area (Å²) in [5, 5.41) is 19.1. The van der Waals surface area contributed by atoms with Crippen molar-refractivity contribution in [2.45, 2.75) is 40.2 Å². The van der Waals surface area contributed by atoms with Crippen LogP contribution in [0.15, 0.2) is 36.8 Å². The first kappa shape index (κ1) is 18.2. The number of hydrogen-bond donors (Lipinski definition) is 3. The van der Waals surface area contributed by atoms with Gasteiger partial charge in [-0.2, -0.15) is 10.2 Å². The minimum absolute atomic E-state index is 0.260. The van der Waals surface area contributed by atoms with Gasteiger partial charge in [0.2, 0.25) is 0 Å². The van der Waals surface area contributed by atoms with Crippen LogP contribution in [-0.2, 0) is 6.42 Å². The van der Waals surface area contributed by atoms with E-state index in [1.165, 1.54) is 0 Å². The normalized spacial score (nSPS) is 11.6. The number of pyridine rings is 1. The highest BCUT2D eigenvalue weighted by molar-refractivity contribution is 6.04. The molecule has 0 saturated heterocycles. The molecule has 3 heterocycles. The largest absolute Gasteiger partial charge is 0.382 e. The molecule has 0 amide bonds. The third-order valence-corrected chi connectivity index (χ3v) is 4.51. The standard InChI is InChI=1S/C21H25N7/c1-12(2)8-18-26-21(28-27-18)17-11-22-19-15(14-9-23-24-10-14)6-5-7-16(19)20(17)25-13(3)4/h5-7,9-13H,8H2,1-4H3,(H,22,25)(H,23,24)(H,26,27,28). The number of benzene rings is 1. The Balaban J connectivity index is 1.88. The van der Waals surface area contributed by atoms with Crippen molar-refractivity contribution in [3.63, 3.8) is 0 Å². The summed E-state index contributed by atoms with van der Waals surface area (Å²) in [6, 6.07) is 6.45. The Morgan fingerprint density at radius 2 is 1.93 bits per heavy atom. The molecule has 0 aliphatic rings. The summed E-state index contributed by atoms with van der Waals surface area (Å²) in [6.45, 7) is 8.59. The van der Waals surface area contributed by atoms with Crippen LogP contribution in [0.3, 0.4) is 0 Å². The molecule has 0 aliphatic carbocycles. The van der Waals surface area contributed by atoms with Gasteiger partial charge in [-0.3, -0.25) is 15.2 Å². The summed E-state index contributed by atoms with van der Waals surface area (Å²) < 4.78 is 0. The molecule has 3 aromatic heterocycles. The molecule has 144 valence electrons. The van der Waals surface area contributed by atoms with E-state index in [9.17, 15) is 0 Å². The van der Waals surface area contributed by atoms with Crippen molar-refractivity contribution in [1.82, 2.24) is 30.4 Å². The van der Waals surface area contributed by atoms with E-state index in [-0.39, 0.29) is 6.04 Å². The lowest BCUT2D eigenvalue weighted by molar-refractivity contribution is 0.622. The van der Waals surface area contributed by atoms with Crippen LogP contribution in [0.2, 0.25) is 0 Å². The van der Waals surface area contributed by atoms with Crippen molar-refractivity contribution in [2.75, 3.05) is 5.32 Å². The van der Waals surface area contributed by atoms with Gasteiger partial charge >= 0.3 is 0 Å². The molecule has 0 unspecified atom stereocenters. The number of aromatic amines is 2. The highest BCUT2D eigenvalue weighted by Crippen LogP contribution is 2.36. The highest BCUT2D eigenvalue weighted by atomic mass is 15.2. The molecule has 0 fully saturated rings. The van der Waals surface area contributed by atoms with E-state index in [2.05, 4.69) is 65.5 Å². The van der Waals surface area contributed by atoms with Crippen molar-refractivity contribution in [1.29, 1.82) is 0 Å². The smallest absolute Gasteiger partial charge is 0.184 e. The third-order valence-electron chi connectivity index (χ3n) is 4.51. The zero-order valence-electron chi connectivity index (χ0n) is 16.6. The fourth-order valence-electron chi connectivity index (χ4n) is 3.36. The van der Waals surface area contributed by atoms with E-state index in [0.717, 1.165) is 45.5 Å². The third kappa shape index (κ3) is 3.47. The first-order valence-corrected chi connectivity index (χ1v) is 9.62. The Morgan fingerprint density at radius 3 is 2.64 bits per heavy atom. The van der Waals surface area contributed by atoms with E-state index in [1.54, 1.807) is 0 Å². The molecule has 7 heteroatoms. The van der Waals surface area contributed by atoms with Gasteiger partial charge in [-0.15, -0.1) is 0 Å². The van der Waals surface area contributed by atoms with Crippen LogP contribution in [0, 0.1) is 5.92 Å². The topological polar surface area (TPSA) is 95.2 Å². The van der Waals surface area contributed by atoms with Gasteiger partial charge < -0.3 is 5.32 Å². The second kappa shape index (κ2) is 7.42. The van der Waals surface area contributed by atoms with Gasteiger partial charge in [0.25, 0.3) is 0 Å². The molecule has 0 radical (unpaired) electrons. The van der Waals surface area contributed by atoms with E-state index in [4.69, 9.17) is 9.97 Å². The fraction of sp³-hybridized carbons (Fsp3) is 0.333. The second-order valence-electron chi connectivity index (χ2n) is 7.74. The number of fused-ring (bicyclic) bond motifs is 1. The molecule has 28 heavy (non-hydrogen) atoms. The van der Waals surface area contributed by atoms with Gasteiger partial charge in [-0.25, -0.2) is 4.98 Å². The van der Waals surface area contributed by atoms with Crippen LogP contribution in [0.1, 0.15) is 33.5 Å². The molecular formula is C21H25N7. The molecule has 0 saturated carbocycles. The number of nitrogens with one attached hydrogen (secondary N) is 3. The summed E-state index contributed by atoms with van der Waals surface area (Å²) >= 11 is 0. The molecule has 1 aromatic carbocycles. The van der Waals surface area contributed by atoms with E-state index in [0.29, 0.717) is 11.7 Å². The van der Waals surface area contributed by atoms with Crippen LogP contribution >= 0.6 is 0 Å². The molecule has 0 atom stereocenters. The molecule has 4 rings (SSSR count). The Bertz CT molecular complexity index is 1080. The molecule has 0 spiro atoms. The first-order chi connectivity index (χ1) is 13.5. The Kier molecular flexibility index (Phi) is 4.81. The predicted molar refractivity (Wildman–Crippen MR) is 112 cm³/mol. The molecular weight excluding hydrogens is 350 g/mol. The number of aromatic nitrogens is 6. The summed E-state index contributed by atoms with van der Waals surface area (Å²) in [7, 11) is 0. The maximum Gasteiger partial charge on any atom is 0.184 e. The lowest BCUT2D eigenvalue weighted by Gasteiger charge is -2.17. The summed E-state index contributed by atoms with van der Waals surface area (Å²) in [4.78, 5) is 9.48. The van der Waals surface area contributed by atoms with Gasteiger partial charge in [-0.1, -0.05) is 32.0 Å². The van der Waals surface area contributed by atoms with Gasteiger partial charge in [0, 0.05) is 41.4 Å². The predicted octanol–water partition coefficient (Wildman–Crippen LogP) is 4.43. The quantitative estimate of drug-likeness (QED) is 0.463. The minimum Gasteiger partial charge on any atom is -0.382 e. The number of para-hydroxylation sites is 1. The Labute approximate surface area is 164 Å². The number of H-pyrrole nitrogens is 2. The van der Waals surface area contributed by atoms with Crippen LogP contribution in [0.4, 0.5) is 5.69 Å². The van der Waals surface area contributed by atoms with Crippen molar-refractivity contribution in [3.05, 3.63) is 42.6 Å². The summed E-state index contributed by atoms with van der Waals surface area (Å²) in [6.07, 6.45) is 6.42. The van der Waals surface area contributed by atoms with Gasteiger partial charge in [0.1, 0.15) is 5.82 Å². The lowest BCUT2D eigenvalue weighted by Crippen LogP contribution is -2.11. The number of anilines is 1. The van der Waals surface area contributed by atoms with Crippen LogP contribution in [0.5, 0.6) is 0 Å². The zero-order valence-corrected chi connectivity index (χ0v) is 16.6. The minimum atomic E-state index is 0.260. The molecule has 0 aliphatic heterocycles. The maximum atomic E-state index is 4.78. The molecule has 3 N–H and O–H groups in total. The van der Waals surface area contributed by atoms with E-state index >= 15 is 0 Å². The zero-order chi connectivity index (χ0) is 19.7. The van der Waals surface area contributed by atoms with Crippen molar-refractivity contribution < 1.29 is 0 Å². The molecule has 4 aromatic rings. The van der Waals surface area contributed by atoms with Gasteiger partial charge in [-0.05, 0) is 19.8 Å². The summed E-state index contributed by atoms with van der Waals surface area (Å²) in [5.74, 6) is 2.08. The van der Waals surface area contributed by atoms with E-state index in [1.807, 2.05) is 24.7 Å². The molecule has 7 nitrogen and oxygen atoms in total. The van der Waals surface area contributed by atoms with Gasteiger partial charge in [0.05, 0.1) is 23.0 Å². The fourth-order valence-corrected chi connectivity index (χ4v) is 3.36. The average Bonchev–Trinajstić information content (AvgIpc) is 3.33. The van der Waals surface area contributed by atoms with Crippen molar-refractivity contribution >= 4 is 16.6 Å². The number of hydrogen-bond acceptors (Lipinski definition) is 5. The average molecular weight is 375 g/mol. The highest BCUT2D eigenvalue weighted by Gasteiger charge is 2.18. The van der Waals surface area contributed by atoms with Crippen LogP contribution in [0.25, 0.3) is 33.4 Å². The van der Waals surface area contributed by atoms with Gasteiger partial charge in [0.15, 0.2) is 5.82 Å². The molecule has 0 bridgehead atoms. The Hall–Kier alpha value is -3.22.